The van der Waals surface area contributed by atoms with Gasteiger partial charge in [-0.25, -0.2) is 0 Å². The second-order valence-electron chi connectivity index (χ2n) is 9.80. The zero-order valence-electron chi connectivity index (χ0n) is 20.4. The van der Waals surface area contributed by atoms with Crippen LogP contribution in [0.4, 0.5) is 17.1 Å². The van der Waals surface area contributed by atoms with Gasteiger partial charge < -0.3 is 20.4 Å². The third-order valence-electron chi connectivity index (χ3n) is 7.45. The minimum Gasteiger partial charge on any atom is -0.369 e. The highest BCUT2D eigenvalue weighted by Gasteiger charge is 2.34. The molecule has 2 aromatic rings. The van der Waals surface area contributed by atoms with E-state index in [0.29, 0.717) is 12.1 Å². The monoisotopic (exact) mass is 495 g/mol. The molecule has 2 N–H and O–H groups in total. The number of piperidine rings is 1. The molecule has 8 heteroatoms. The van der Waals surface area contributed by atoms with Crippen molar-refractivity contribution in [2.75, 3.05) is 60.9 Å². The number of anilines is 3. The van der Waals surface area contributed by atoms with Crippen molar-refractivity contribution in [3.05, 3.63) is 52.5 Å². The van der Waals surface area contributed by atoms with Crippen LogP contribution >= 0.6 is 11.6 Å². The van der Waals surface area contributed by atoms with Crippen molar-refractivity contribution in [1.82, 2.24) is 10.2 Å². The second-order valence-corrected chi connectivity index (χ2v) is 10.2. The lowest BCUT2D eigenvalue weighted by Gasteiger charge is -2.41. The number of aryl methyl sites for hydroxylation is 1. The van der Waals surface area contributed by atoms with Crippen LogP contribution in [0.15, 0.2) is 36.4 Å². The van der Waals surface area contributed by atoms with Crippen molar-refractivity contribution < 1.29 is 9.59 Å². The van der Waals surface area contributed by atoms with Crippen LogP contribution in [0.2, 0.25) is 5.02 Å². The van der Waals surface area contributed by atoms with Gasteiger partial charge in [0.1, 0.15) is 6.04 Å². The first kappa shape index (κ1) is 23.9. The topological polar surface area (TPSA) is 67.9 Å². The number of rotatable bonds is 6. The summed E-state index contributed by atoms with van der Waals surface area (Å²) in [4.78, 5) is 32.3. The molecule has 1 atom stereocenters. The second kappa shape index (κ2) is 10.5. The molecule has 3 aliphatic heterocycles. The first-order valence-electron chi connectivity index (χ1n) is 12.7. The van der Waals surface area contributed by atoms with Gasteiger partial charge in [-0.15, -0.1) is 0 Å². The molecule has 2 amide bonds. The summed E-state index contributed by atoms with van der Waals surface area (Å²) in [5.74, 6) is -0.0514. The maximum absolute atomic E-state index is 12.7. The molecule has 3 heterocycles. The summed E-state index contributed by atoms with van der Waals surface area (Å²) in [6.07, 6.45) is 3.98. The quantitative estimate of drug-likeness (QED) is 0.595. The minimum atomic E-state index is -0.0935. The van der Waals surface area contributed by atoms with Gasteiger partial charge in [0, 0.05) is 55.5 Å². The Morgan fingerprint density at radius 3 is 2.71 bits per heavy atom. The largest absolute Gasteiger partial charge is 0.369 e. The summed E-state index contributed by atoms with van der Waals surface area (Å²) in [5, 5.41) is 6.83. The maximum atomic E-state index is 12.7. The zero-order valence-corrected chi connectivity index (χ0v) is 21.1. The van der Waals surface area contributed by atoms with E-state index in [1.807, 2.05) is 24.3 Å². The van der Waals surface area contributed by atoms with Crippen molar-refractivity contribution in [3.63, 3.8) is 0 Å². The van der Waals surface area contributed by atoms with Crippen molar-refractivity contribution in [1.29, 1.82) is 0 Å². The molecule has 0 saturated carbocycles. The number of amides is 2. The van der Waals surface area contributed by atoms with Crippen LogP contribution in [0, 0.1) is 6.92 Å². The molecule has 0 spiro atoms. The predicted octanol–water partition coefficient (Wildman–Crippen LogP) is 3.90. The number of halogens is 1. The molecule has 0 aromatic heterocycles. The number of nitrogens with zero attached hydrogens (tertiary/aromatic N) is 3. The SMILES string of the molecule is Cc1ccc(Cl)cc1N1CCN(CCCNC(=O)c2ccc3c(c2)NC(=O)[C@@H]2CCCCN32)CC1. The van der Waals surface area contributed by atoms with Crippen LogP contribution in [0.25, 0.3) is 0 Å². The highest BCUT2D eigenvalue weighted by Crippen LogP contribution is 2.36. The van der Waals surface area contributed by atoms with Gasteiger partial charge in [-0.05, 0) is 75.0 Å². The Kier molecular flexibility index (Phi) is 7.16. The third kappa shape index (κ3) is 5.26. The van der Waals surface area contributed by atoms with Crippen molar-refractivity contribution in [3.8, 4) is 0 Å². The fourth-order valence-electron chi connectivity index (χ4n) is 5.48. The predicted molar refractivity (Wildman–Crippen MR) is 142 cm³/mol. The Hall–Kier alpha value is -2.77. The highest BCUT2D eigenvalue weighted by atomic mass is 35.5. The number of benzene rings is 2. The van der Waals surface area contributed by atoms with E-state index in [1.54, 1.807) is 0 Å². The standard InChI is InChI=1S/C27H34ClN5O2/c1-19-6-8-21(28)18-25(19)32-15-13-31(14-16-32)11-4-10-29-26(34)20-7-9-23-22(17-20)30-27(35)24-5-2-3-12-33(23)24/h6-9,17-18,24H,2-5,10-16H2,1H3,(H,29,34)(H,30,35)/t24-/m0/s1. The van der Waals surface area contributed by atoms with Gasteiger partial charge in [-0.2, -0.15) is 0 Å². The van der Waals surface area contributed by atoms with Crippen LogP contribution in [0.3, 0.4) is 0 Å². The van der Waals surface area contributed by atoms with E-state index in [1.165, 1.54) is 11.3 Å². The normalized spacial score (nSPS) is 20.2. The Bertz CT molecular complexity index is 1100. The van der Waals surface area contributed by atoms with Gasteiger partial charge in [0.15, 0.2) is 0 Å². The van der Waals surface area contributed by atoms with E-state index in [4.69, 9.17) is 11.6 Å². The number of nitrogens with one attached hydrogen (secondary N) is 2. The number of fused-ring (bicyclic) bond motifs is 3. The summed E-state index contributed by atoms with van der Waals surface area (Å²) in [6, 6.07) is 11.6. The summed E-state index contributed by atoms with van der Waals surface area (Å²) in [5.41, 5.74) is 4.83. The van der Waals surface area contributed by atoms with Crippen LogP contribution in [0.1, 0.15) is 41.6 Å². The molecule has 0 unspecified atom stereocenters. The van der Waals surface area contributed by atoms with Crippen LogP contribution < -0.4 is 20.4 Å². The molecule has 7 nitrogen and oxygen atoms in total. The van der Waals surface area contributed by atoms with Crippen LogP contribution in [-0.2, 0) is 4.79 Å². The average Bonchev–Trinajstić information content (AvgIpc) is 2.88. The summed E-state index contributed by atoms with van der Waals surface area (Å²) >= 11 is 6.20. The lowest BCUT2D eigenvalue weighted by atomic mass is 9.97. The van der Waals surface area contributed by atoms with Crippen molar-refractivity contribution in [2.45, 2.75) is 38.6 Å². The van der Waals surface area contributed by atoms with E-state index in [2.05, 4.69) is 44.4 Å². The van der Waals surface area contributed by atoms with E-state index in [9.17, 15) is 9.59 Å². The molecule has 0 bridgehead atoms. The van der Waals surface area contributed by atoms with E-state index in [0.717, 1.165) is 81.3 Å². The Morgan fingerprint density at radius 2 is 1.89 bits per heavy atom. The number of hydrogen-bond donors (Lipinski definition) is 2. The van der Waals surface area contributed by atoms with Gasteiger partial charge >= 0.3 is 0 Å². The maximum Gasteiger partial charge on any atom is 0.251 e. The smallest absolute Gasteiger partial charge is 0.251 e. The Labute approximate surface area is 212 Å². The number of hydrogen-bond acceptors (Lipinski definition) is 5. The molecular weight excluding hydrogens is 462 g/mol. The molecule has 2 saturated heterocycles. The number of carbonyl (C=O) groups is 2. The number of carbonyl (C=O) groups excluding carboxylic acids is 2. The van der Waals surface area contributed by atoms with Crippen LogP contribution in [0.5, 0.6) is 0 Å². The van der Waals surface area contributed by atoms with Gasteiger partial charge in [0.25, 0.3) is 5.91 Å². The van der Waals surface area contributed by atoms with Gasteiger partial charge in [0.05, 0.1) is 11.4 Å². The van der Waals surface area contributed by atoms with E-state index >= 15 is 0 Å². The Balaban J connectivity index is 1.08. The lowest BCUT2D eigenvalue weighted by molar-refractivity contribution is -0.118. The molecule has 0 aliphatic carbocycles. The third-order valence-corrected chi connectivity index (χ3v) is 7.69. The molecule has 35 heavy (non-hydrogen) atoms. The molecular formula is C27H34ClN5O2. The fraction of sp³-hybridized carbons (Fsp3) is 0.481. The van der Waals surface area contributed by atoms with Crippen molar-refractivity contribution in [2.24, 2.45) is 0 Å². The highest BCUT2D eigenvalue weighted by molar-refractivity contribution is 6.30. The zero-order chi connectivity index (χ0) is 24.4. The van der Waals surface area contributed by atoms with Gasteiger partial charge in [0.2, 0.25) is 5.91 Å². The van der Waals surface area contributed by atoms with Crippen molar-refractivity contribution >= 4 is 40.5 Å². The lowest BCUT2D eigenvalue weighted by Crippen LogP contribution is -2.50. The molecule has 2 aromatic carbocycles. The Morgan fingerprint density at radius 1 is 1.06 bits per heavy atom. The molecule has 5 rings (SSSR count). The van der Waals surface area contributed by atoms with E-state index in [-0.39, 0.29) is 17.9 Å². The molecule has 186 valence electrons. The summed E-state index contributed by atoms with van der Waals surface area (Å²) in [6.45, 7) is 8.57. The molecule has 3 aliphatic rings. The van der Waals surface area contributed by atoms with Gasteiger partial charge in [-0.1, -0.05) is 17.7 Å². The minimum absolute atomic E-state index is 0.0420. The summed E-state index contributed by atoms with van der Waals surface area (Å²) < 4.78 is 0. The van der Waals surface area contributed by atoms with Gasteiger partial charge in [-0.3, -0.25) is 14.5 Å². The first-order valence-corrected chi connectivity index (χ1v) is 13.1. The molecule has 0 radical (unpaired) electrons. The van der Waals surface area contributed by atoms with Crippen LogP contribution in [-0.4, -0.2) is 68.6 Å². The molecule has 2 fully saturated rings. The number of piperazine rings is 1. The average molecular weight is 496 g/mol. The first-order chi connectivity index (χ1) is 17.0. The van der Waals surface area contributed by atoms with E-state index < -0.39 is 0 Å². The fourth-order valence-corrected chi connectivity index (χ4v) is 5.64. The summed E-state index contributed by atoms with van der Waals surface area (Å²) in [7, 11) is 0.